The van der Waals surface area contributed by atoms with E-state index in [-0.39, 0.29) is 24.0 Å². The summed E-state index contributed by atoms with van der Waals surface area (Å²) in [5, 5.41) is 3.43. The monoisotopic (exact) mass is 513 g/mol. The van der Waals surface area contributed by atoms with E-state index in [4.69, 9.17) is 4.99 Å². The fourth-order valence-electron chi connectivity index (χ4n) is 3.85. The summed E-state index contributed by atoms with van der Waals surface area (Å²) in [7, 11) is 0. The Labute approximate surface area is 192 Å². The second-order valence-corrected chi connectivity index (χ2v) is 7.82. The van der Waals surface area contributed by atoms with E-state index in [0.717, 1.165) is 77.6 Å². The van der Waals surface area contributed by atoms with Gasteiger partial charge < -0.3 is 15.1 Å². The van der Waals surface area contributed by atoms with Gasteiger partial charge in [-0.05, 0) is 38.7 Å². The zero-order chi connectivity index (χ0) is 19.8. The highest BCUT2D eigenvalue weighted by Crippen LogP contribution is 2.10. The number of aryl methyl sites for hydroxylation is 1. The Balaban J connectivity index is 0.00000300. The first-order valence-corrected chi connectivity index (χ1v) is 10.7. The molecule has 0 aliphatic carbocycles. The van der Waals surface area contributed by atoms with Gasteiger partial charge in [0.15, 0.2) is 5.96 Å². The van der Waals surface area contributed by atoms with Gasteiger partial charge in [-0.2, -0.15) is 0 Å². The summed E-state index contributed by atoms with van der Waals surface area (Å²) < 4.78 is 0. The van der Waals surface area contributed by atoms with E-state index in [2.05, 4.69) is 53.2 Å². The maximum absolute atomic E-state index is 12.4. The summed E-state index contributed by atoms with van der Waals surface area (Å²) in [6, 6.07) is 8.70. The minimum Gasteiger partial charge on any atom is -0.357 e. The summed E-state index contributed by atoms with van der Waals surface area (Å²) >= 11 is 0. The van der Waals surface area contributed by atoms with E-state index in [1.54, 1.807) is 0 Å². The molecular formula is C22H36IN5O. The first-order chi connectivity index (χ1) is 13.7. The molecule has 0 saturated carbocycles. The molecule has 2 aliphatic heterocycles. The van der Waals surface area contributed by atoms with Crippen molar-refractivity contribution in [3.63, 3.8) is 0 Å². The first-order valence-electron chi connectivity index (χ1n) is 10.7. The highest BCUT2D eigenvalue weighted by Gasteiger charge is 2.24. The van der Waals surface area contributed by atoms with Crippen LogP contribution in [0.5, 0.6) is 0 Å². The molecule has 2 aliphatic rings. The predicted octanol–water partition coefficient (Wildman–Crippen LogP) is 2.36. The SMILES string of the molecule is CCNC(=NCCc1ccc(C)cc1)N1CCN(CC(=O)N2CCCC2)CC1.I. The van der Waals surface area contributed by atoms with Crippen molar-refractivity contribution in [2.24, 2.45) is 4.99 Å². The number of nitrogens with one attached hydrogen (secondary N) is 1. The number of rotatable bonds is 6. The Morgan fingerprint density at radius 1 is 1.00 bits per heavy atom. The molecule has 0 aromatic heterocycles. The maximum atomic E-state index is 12.4. The first kappa shape index (κ1) is 23.9. The number of carbonyl (C=O) groups excluding carboxylic acids is 1. The van der Waals surface area contributed by atoms with Gasteiger partial charge in [-0.1, -0.05) is 29.8 Å². The van der Waals surface area contributed by atoms with Crippen LogP contribution in [0.4, 0.5) is 0 Å². The molecule has 0 atom stereocenters. The Kier molecular flexibility index (Phi) is 10.2. The van der Waals surface area contributed by atoms with Crippen molar-refractivity contribution in [3.05, 3.63) is 35.4 Å². The molecule has 1 aromatic rings. The number of guanidine groups is 1. The lowest BCUT2D eigenvalue weighted by Gasteiger charge is -2.36. The molecular weight excluding hydrogens is 477 g/mol. The van der Waals surface area contributed by atoms with E-state index in [9.17, 15) is 4.79 Å². The molecule has 29 heavy (non-hydrogen) atoms. The van der Waals surface area contributed by atoms with Crippen molar-refractivity contribution >= 4 is 35.8 Å². The van der Waals surface area contributed by atoms with E-state index in [1.165, 1.54) is 11.1 Å². The number of amides is 1. The summed E-state index contributed by atoms with van der Waals surface area (Å²) in [5.41, 5.74) is 2.62. The van der Waals surface area contributed by atoms with Gasteiger partial charge in [-0.15, -0.1) is 24.0 Å². The van der Waals surface area contributed by atoms with Crippen LogP contribution in [0.3, 0.4) is 0 Å². The van der Waals surface area contributed by atoms with Crippen molar-refractivity contribution in [1.82, 2.24) is 20.0 Å². The molecule has 1 N–H and O–H groups in total. The van der Waals surface area contributed by atoms with Crippen LogP contribution in [0.2, 0.25) is 0 Å². The summed E-state index contributed by atoms with van der Waals surface area (Å²) in [5.74, 6) is 1.30. The van der Waals surface area contributed by atoms with Crippen molar-refractivity contribution in [1.29, 1.82) is 0 Å². The fraction of sp³-hybridized carbons (Fsp3) is 0.636. The molecule has 0 radical (unpaired) electrons. The van der Waals surface area contributed by atoms with Crippen LogP contribution in [-0.4, -0.2) is 85.5 Å². The minimum atomic E-state index is 0. The summed E-state index contributed by atoms with van der Waals surface area (Å²) in [4.78, 5) is 23.8. The Bertz CT molecular complexity index is 650. The van der Waals surface area contributed by atoms with Crippen LogP contribution in [0.1, 0.15) is 30.9 Å². The van der Waals surface area contributed by atoms with Crippen LogP contribution in [0.25, 0.3) is 0 Å². The molecule has 6 nitrogen and oxygen atoms in total. The summed E-state index contributed by atoms with van der Waals surface area (Å²) in [6.45, 7) is 12.0. The molecule has 2 heterocycles. The fourth-order valence-corrected chi connectivity index (χ4v) is 3.85. The van der Waals surface area contributed by atoms with Crippen molar-refractivity contribution < 1.29 is 4.79 Å². The number of likely N-dealkylation sites (tertiary alicyclic amines) is 1. The predicted molar refractivity (Wildman–Crippen MR) is 130 cm³/mol. The molecule has 7 heteroatoms. The highest BCUT2D eigenvalue weighted by atomic mass is 127. The molecule has 1 aromatic carbocycles. The van der Waals surface area contributed by atoms with Crippen LogP contribution in [-0.2, 0) is 11.2 Å². The third kappa shape index (κ3) is 7.44. The average molecular weight is 513 g/mol. The van der Waals surface area contributed by atoms with Gasteiger partial charge >= 0.3 is 0 Å². The van der Waals surface area contributed by atoms with Crippen LogP contribution in [0, 0.1) is 6.92 Å². The van der Waals surface area contributed by atoms with Crippen LogP contribution >= 0.6 is 24.0 Å². The van der Waals surface area contributed by atoms with Gasteiger partial charge in [0, 0.05) is 52.4 Å². The molecule has 162 valence electrons. The zero-order valence-corrected chi connectivity index (χ0v) is 20.2. The Morgan fingerprint density at radius 3 is 2.28 bits per heavy atom. The molecule has 2 fully saturated rings. The van der Waals surface area contributed by atoms with Gasteiger partial charge in [0.2, 0.25) is 5.91 Å². The topological polar surface area (TPSA) is 51.2 Å². The van der Waals surface area contributed by atoms with Gasteiger partial charge in [0.05, 0.1) is 6.54 Å². The normalized spacial score (nSPS) is 17.9. The molecule has 0 unspecified atom stereocenters. The standard InChI is InChI=1S/C22H35N5O.HI/c1-3-23-22(24-11-10-20-8-6-19(2)7-9-20)27-16-14-25(15-17-27)18-21(28)26-12-4-5-13-26;/h6-9H,3-5,10-18H2,1-2H3,(H,23,24);1H. The number of nitrogens with zero attached hydrogens (tertiary/aromatic N) is 4. The van der Waals surface area contributed by atoms with E-state index >= 15 is 0 Å². The number of halogens is 1. The van der Waals surface area contributed by atoms with Gasteiger partial charge in [-0.3, -0.25) is 14.7 Å². The molecule has 0 bridgehead atoms. The number of hydrogen-bond acceptors (Lipinski definition) is 3. The number of piperazine rings is 1. The Morgan fingerprint density at radius 2 is 1.66 bits per heavy atom. The second kappa shape index (κ2) is 12.4. The third-order valence-electron chi connectivity index (χ3n) is 5.61. The minimum absolute atomic E-state index is 0. The second-order valence-electron chi connectivity index (χ2n) is 7.82. The number of hydrogen-bond donors (Lipinski definition) is 1. The van der Waals surface area contributed by atoms with Crippen molar-refractivity contribution in [3.8, 4) is 0 Å². The Hall–Kier alpha value is -1.35. The smallest absolute Gasteiger partial charge is 0.236 e. The van der Waals surface area contributed by atoms with Crippen molar-refractivity contribution in [2.75, 3.05) is 58.9 Å². The van der Waals surface area contributed by atoms with Gasteiger partial charge in [0.1, 0.15) is 0 Å². The lowest BCUT2D eigenvalue weighted by atomic mass is 10.1. The lowest BCUT2D eigenvalue weighted by Crippen LogP contribution is -2.54. The van der Waals surface area contributed by atoms with Gasteiger partial charge in [-0.25, -0.2) is 0 Å². The average Bonchev–Trinajstić information content (AvgIpc) is 3.24. The van der Waals surface area contributed by atoms with Crippen LogP contribution < -0.4 is 5.32 Å². The molecule has 3 rings (SSSR count). The lowest BCUT2D eigenvalue weighted by molar-refractivity contribution is -0.131. The third-order valence-corrected chi connectivity index (χ3v) is 5.61. The molecule has 2 saturated heterocycles. The quantitative estimate of drug-likeness (QED) is 0.361. The zero-order valence-electron chi connectivity index (χ0n) is 17.9. The van der Waals surface area contributed by atoms with E-state index in [0.29, 0.717) is 12.5 Å². The van der Waals surface area contributed by atoms with Crippen molar-refractivity contribution in [2.45, 2.75) is 33.1 Å². The molecule has 0 spiro atoms. The number of benzene rings is 1. The summed E-state index contributed by atoms with van der Waals surface area (Å²) in [6.07, 6.45) is 3.27. The van der Waals surface area contributed by atoms with E-state index < -0.39 is 0 Å². The largest absolute Gasteiger partial charge is 0.357 e. The van der Waals surface area contributed by atoms with Crippen LogP contribution in [0.15, 0.2) is 29.3 Å². The molecule has 1 amide bonds. The maximum Gasteiger partial charge on any atom is 0.236 e. The van der Waals surface area contributed by atoms with Gasteiger partial charge in [0.25, 0.3) is 0 Å². The highest BCUT2D eigenvalue weighted by molar-refractivity contribution is 14.0. The number of carbonyl (C=O) groups is 1. The number of aliphatic imine (C=N–C) groups is 1. The van der Waals surface area contributed by atoms with E-state index in [1.807, 2.05) is 4.90 Å².